The highest BCUT2D eigenvalue weighted by molar-refractivity contribution is 6.31. The fourth-order valence-electron chi connectivity index (χ4n) is 3.59. The number of benzene rings is 2. The normalized spacial score (nSPS) is 13.7. The molecule has 0 unspecified atom stereocenters. The van der Waals surface area contributed by atoms with E-state index in [0.717, 1.165) is 11.3 Å². The molecular formula is C23H25ClN2O4. The van der Waals surface area contributed by atoms with Crippen LogP contribution in [0.3, 0.4) is 0 Å². The molecule has 158 valence electrons. The van der Waals surface area contributed by atoms with Crippen molar-refractivity contribution in [3.8, 4) is 0 Å². The molecular weight excluding hydrogens is 404 g/mol. The number of carbonyl (C=O) groups is 3. The molecule has 0 aromatic heterocycles. The van der Waals surface area contributed by atoms with Crippen LogP contribution in [0.15, 0.2) is 42.5 Å². The van der Waals surface area contributed by atoms with E-state index in [-0.39, 0.29) is 24.3 Å². The van der Waals surface area contributed by atoms with Gasteiger partial charge in [0.25, 0.3) is 5.91 Å². The minimum Gasteiger partial charge on any atom is -0.463 e. The summed E-state index contributed by atoms with van der Waals surface area (Å²) in [6.07, 6.45) is 0.419. The lowest BCUT2D eigenvalue weighted by Gasteiger charge is -2.21. The molecule has 1 atom stereocenters. The number of esters is 1. The summed E-state index contributed by atoms with van der Waals surface area (Å²) in [5.41, 5.74) is 2.90. The fraction of sp³-hybridized carbons (Fsp3) is 0.348. The first-order chi connectivity index (χ1) is 14.3. The Hall–Kier alpha value is -2.86. The smallest absolute Gasteiger partial charge is 0.308 e. The Morgan fingerprint density at radius 1 is 1.17 bits per heavy atom. The maximum atomic E-state index is 13.0. The molecule has 2 aromatic carbocycles. The molecule has 0 spiro atoms. The van der Waals surface area contributed by atoms with E-state index >= 15 is 0 Å². The van der Waals surface area contributed by atoms with Crippen molar-refractivity contribution in [2.24, 2.45) is 0 Å². The summed E-state index contributed by atoms with van der Waals surface area (Å²) in [5, 5.41) is 3.38. The van der Waals surface area contributed by atoms with Gasteiger partial charge in [0.05, 0.1) is 18.6 Å². The Morgan fingerprint density at radius 3 is 2.57 bits per heavy atom. The Kier molecular flexibility index (Phi) is 6.77. The summed E-state index contributed by atoms with van der Waals surface area (Å²) in [5.74, 6) is -0.754. The second-order valence-corrected chi connectivity index (χ2v) is 7.96. The third-order valence-corrected chi connectivity index (χ3v) is 5.29. The molecule has 0 saturated heterocycles. The molecule has 1 heterocycles. The van der Waals surface area contributed by atoms with Crippen molar-refractivity contribution < 1.29 is 19.1 Å². The monoisotopic (exact) mass is 428 g/mol. The first-order valence-corrected chi connectivity index (χ1v) is 10.3. The lowest BCUT2D eigenvalue weighted by molar-refractivity contribution is -0.148. The van der Waals surface area contributed by atoms with Crippen LogP contribution < -0.4 is 10.2 Å². The summed E-state index contributed by atoms with van der Waals surface area (Å²) in [6, 6.07) is 11.7. The number of nitrogens with zero attached hydrogens (tertiary/aromatic N) is 1. The number of ether oxygens (including phenoxy) is 1. The number of amides is 2. The van der Waals surface area contributed by atoms with Crippen molar-refractivity contribution in [2.75, 3.05) is 11.4 Å². The van der Waals surface area contributed by atoms with Crippen molar-refractivity contribution in [3.63, 3.8) is 0 Å². The van der Waals surface area contributed by atoms with E-state index in [2.05, 4.69) is 5.32 Å². The second-order valence-electron chi connectivity index (χ2n) is 7.55. The maximum Gasteiger partial charge on any atom is 0.308 e. The Labute approximate surface area is 181 Å². The minimum absolute atomic E-state index is 0.0200. The summed E-state index contributed by atoms with van der Waals surface area (Å²) < 4.78 is 5.25. The van der Waals surface area contributed by atoms with Crippen molar-refractivity contribution in [3.05, 3.63) is 64.2 Å². The summed E-state index contributed by atoms with van der Waals surface area (Å²) in [7, 11) is 0. The highest BCUT2D eigenvalue weighted by atomic mass is 35.5. The van der Waals surface area contributed by atoms with E-state index in [9.17, 15) is 14.4 Å². The highest BCUT2D eigenvalue weighted by Crippen LogP contribution is 2.30. The van der Waals surface area contributed by atoms with E-state index in [4.69, 9.17) is 16.3 Å². The Bertz CT molecular complexity index is 973. The number of anilines is 1. The Balaban J connectivity index is 1.82. The first kappa shape index (κ1) is 21.8. The standard InChI is InChI=1S/C23H25ClN2O4/c1-14(2)30-22(28)13-20(18-6-4-5-7-19(18)24)25-23(29)17-8-9-21-16(12-17)10-11-26(21)15(3)27/h4-9,12,14,20H,10-11,13H2,1-3H3,(H,25,29)/t20-/m0/s1. The predicted octanol–water partition coefficient (Wildman–Crippen LogP) is 4.06. The molecule has 1 N–H and O–H groups in total. The largest absolute Gasteiger partial charge is 0.463 e. The van der Waals surface area contributed by atoms with E-state index in [1.807, 2.05) is 0 Å². The van der Waals surface area contributed by atoms with Crippen molar-refractivity contribution in [2.45, 2.75) is 45.8 Å². The molecule has 30 heavy (non-hydrogen) atoms. The van der Waals surface area contributed by atoms with Gasteiger partial charge in [-0.25, -0.2) is 0 Å². The summed E-state index contributed by atoms with van der Waals surface area (Å²) >= 11 is 6.32. The van der Waals surface area contributed by atoms with Crippen LogP contribution in [0.25, 0.3) is 0 Å². The molecule has 3 rings (SSSR count). The van der Waals surface area contributed by atoms with Crippen LogP contribution in [0.1, 0.15) is 54.7 Å². The van der Waals surface area contributed by atoms with E-state index in [1.165, 1.54) is 6.92 Å². The van der Waals surface area contributed by atoms with E-state index in [1.54, 1.807) is 61.2 Å². The van der Waals surface area contributed by atoms with Gasteiger partial charge < -0.3 is 15.0 Å². The van der Waals surface area contributed by atoms with E-state index < -0.39 is 12.0 Å². The SMILES string of the molecule is CC(=O)N1CCc2cc(C(=O)N[C@@H](CC(=O)OC(C)C)c3ccccc3Cl)ccc21. The summed E-state index contributed by atoms with van der Waals surface area (Å²) in [6.45, 7) is 5.69. The van der Waals surface area contributed by atoms with E-state index in [0.29, 0.717) is 29.1 Å². The van der Waals surface area contributed by atoms with Crippen molar-refractivity contribution in [1.29, 1.82) is 0 Å². The molecule has 2 amide bonds. The van der Waals surface area contributed by atoms with Crippen LogP contribution >= 0.6 is 11.6 Å². The highest BCUT2D eigenvalue weighted by Gasteiger charge is 2.25. The maximum absolute atomic E-state index is 13.0. The topological polar surface area (TPSA) is 75.7 Å². The predicted molar refractivity (Wildman–Crippen MR) is 116 cm³/mol. The van der Waals surface area contributed by atoms with Gasteiger partial charge in [0.1, 0.15) is 0 Å². The zero-order chi connectivity index (χ0) is 21.8. The Morgan fingerprint density at radius 2 is 1.90 bits per heavy atom. The van der Waals surface area contributed by atoms with Crippen molar-refractivity contribution in [1.82, 2.24) is 5.32 Å². The molecule has 0 bridgehead atoms. The van der Waals surface area contributed by atoms with Gasteiger partial charge in [-0.1, -0.05) is 29.8 Å². The number of hydrogen-bond acceptors (Lipinski definition) is 4. The van der Waals surface area contributed by atoms with Gasteiger partial charge in [-0.3, -0.25) is 14.4 Å². The van der Waals surface area contributed by atoms with Gasteiger partial charge in [0.15, 0.2) is 0 Å². The zero-order valence-electron chi connectivity index (χ0n) is 17.3. The van der Waals surface area contributed by atoms with Crippen LogP contribution in [0.2, 0.25) is 5.02 Å². The van der Waals surface area contributed by atoms with Crippen LogP contribution in [0, 0.1) is 0 Å². The van der Waals surface area contributed by atoms with Crippen LogP contribution in [-0.4, -0.2) is 30.4 Å². The molecule has 2 aromatic rings. The van der Waals surface area contributed by atoms with Crippen LogP contribution in [0.4, 0.5) is 5.69 Å². The average molecular weight is 429 g/mol. The number of halogens is 1. The fourth-order valence-corrected chi connectivity index (χ4v) is 3.85. The molecule has 0 aliphatic carbocycles. The van der Waals surface area contributed by atoms with Gasteiger partial charge in [0.2, 0.25) is 5.91 Å². The number of nitrogens with one attached hydrogen (secondary N) is 1. The van der Waals surface area contributed by atoms with Gasteiger partial charge in [-0.15, -0.1) is 0 Å². The van der Waals surface area contributed by atoms with Crippen molar-refractivity contribution >= 4 is 35.1 Å². The number of fused-ring (bicyclic) bond motifs is 1. The molecule has 0 fully saturated rings. The number of rotatable bonds is 6. The molecule has 1 aliphatic rings. The van der Waals surface area contributed by atoms with Gasteiger partial charge in [-0.05, 0) is 55.7 Å². The number of hydrogen-bond donors (Lipinski definition) is 1. The molecule has 7 heteroatoms. The molecule has 0 saturated carbocycles. The molecule has 1 aliphatic heterocycles. The third kappa shape index (κ3) is 5.00. The lowest BCUT2D eigenvalue weighted by atomic mass is 10.0. The number of carbonyl (C=O) groups excluding carboxylic acids is 3. The lowest BCUT2D eigenvalue weighted by Crippen LogP contribution is -2.31. The van der Waals surface area contributed by atoms with Gasteiger partial charge in [-0.2, -0.15) is 0 Å². The molecule has 0 radical (unpaired) electrons. The average Bonchev–Trinajstić information content (AvgIpc) is 3.10. The van der Waals surface area contributed by atoms with Crippen LogP contribution in [-0.2, 0) is 20.7 Å². The van der Waals surface area contributed by atoms with Crippen LogP contribution in [0.5, 0.6) is 0 Å². The first-order valence-electron chi connectivity index (χ1n) is 9.92. The minimum atomic E-state index is -0.626. The van der Waals surface area contributed by atoms with Gasteiger partial charge in [0, 0.05) is 29.7 Å². The summed E-state index contributed by atoms with van der Waals surface area (Å²) in [4.78, 5) is 38.7. The van der Waals surface area contributed by atoms with Gasteiger partial charge >= 0.3 is 5.97 Å². The second kappa shape index (κ2) is 9.30. The quantitative estimate of drug-likeness (QED) is 0.704. The zero-order valence-corrected chi connectivity index (χ0v) is 18.0. The molecule has 6 nitrogen and oxygen atoms in total. The third-order valence-electron chi connectivity index (χ3n) is 4.94.